The van der Waals surface area contributed by atoms with Crippen LogP contribution in [0.5, 0.6) is 5.75 Å². The molecule has 1 aliphatic carbocycles. The zero-order chi connectivity index (χ0) is 18.7. The summed E-state index contributed by atoms with van der Waals surface area (Å²) in [7, 11) is 1.36. The predicted octanol–water partition coefficient (Wildman–Crippen LogP) is 4.28. The van der Waals surface area contributed by atoms with Gasteiger partial charge in [-0.1, -0.05) is 6.92 Å². The minimum atomic E-state index is -0.397. The van der Waals surface area contributed by atoms with Gasteiger partial charge >= 0.3 is 5.97 Å². The van der Waals surface area contributed by atoms with Crippen molar-refractivity contribution in [3.8, 4) is 5.75 Å². The molecule has 1 heterocycles. The molecule has 0 unspecified atom stereocenters. The van der Waals surface area contributed by atoms with Crippen LogP contribution in [-0.2, 0) is 22.4 Å². The molecule has 5 nitrogen and oxygen atoms in total. The smallest absolute Gasteiger partial charge is 0.341 e. The molecule has 1 aromatic carbocycles. The highest BCUT2D eigenvalue weighted by molar-refractivity contribution is 14.1. The van der Waals surface area contributed by atoms with Crippen molar-refractivity contribution in [2.45, 2.75) is 26.2 Å². The lowest BCUT2D eigenvalue weighted by molar-refractivity contribution is -0.118. The molecule has 3 rings (SSSR count). The van der Waals surface area contributed by atoms with E-state index in [1.165, 1.54) is 18.4 Å². The third kappa shape index (κ3) is 4.37. The van der Waals surface area contributed by atoms with Crippen molar-refractivity contribution in [2.24, 2.45) is 5.92 Å². The fourth-order valence-electron chi connectivity index (χ4n) is 3.00. The number of rotatable bonds is 5. The summed E-state index contributed by atoms with van der Waals surface area (Å²) in [5.41, 5.74) is 1.52. The van der Waals surface area contributed by atoms with Crippen LogP contribution in [0.25, 0.3) is 0 Å². The van der Waals surface area contributed by atoms with E-state index in [1.807, 2.05) is 24.3 Å². The van der Waals surface area contributed by atoms with E-state index in [9.17, 15) is 9.59 Å². The summed E-state index contributed by atoms with van der Waals surface area (Å²) in [6.45, 7) is 2.09. The molecule has 1 amide bonds. The van der Waals surface area contributed by atoms with Crippen LogP contribution in [0.1, 0.15) is 34.1 Å². The van der Waals surface area contributed by atoms with Gasteiger partial charge in [0.2, 0.25) is 0 Å². The first-order valence-corrected chi connectivity index (χ1v) is 10.3. The number of anilines is 1. The standard InChI is InChI=1S/C19H20INO4S/c1-11-3-8-14-15(9-11)26-18(17(14)19(23)24-2)21-16(22)10-25-13-6-4-12(20)5-7-13/h4-7,11H,3,8-10H2,1-2H3,(H,21,22)/t11-/m0/s1. The number of carbonyl (C=O) groups excluding carboxylic acids is 2. The minimum Gasteiger partial charge on any atom is -0.484 e. The van der Waals surface area contributed by atoms with Crippen molar-refractivity contribution in [2.75, 3.05) is 19.0 Å². The van der Waals surface area contributed by atoms with E-state index in [0.717, 1.165) is 33.3 Å². The van der Waals surface area contributed by atoms with Gasteiger partial charge in [0.25, 0.3) is 5.91 Å². The summed E-state index contributed by atoms with van der Waals surface area (Å²) in [6, 6.07) is 7.47. The number of amides is 1. The van der Waals surface area contributed by atoms with Crippen LogP contribution in [0.3, 0.4) is 0 Å². The Balaban J connectivity index is 1.73. The number of halogens is 1. The molecule has 138 valence electrons. The largest absolute Gasteiger partial charge is 0.484 e. The normalized spacial score (nSPS) is 15.9. The molecular formula is C19H20INO4S. The first-order valence-electron chi connectivity index (χ1n) is 8.39. The summed E-state index contributed by atoms with van der Waals surface area (Å²) in [4.78, 5) is 25.7. The zero-order valence-corrected chi connectivity index (χ0v) is 17.6. The number of nitrogens with one attached hydrogen (secondary N) is 1. The number of esters is 1. The number of hydrogen-bond acceptors (Lipinski definition) is 5. The predicted molar refractivity (Wildman–Crippen MR) is 110 cm³/mol. The summed E-state index contributed by atoms with van der Waals surface area (Å²) in [6.07, 6.45) is 2.81. The van der Waals surface area contributed by atoms with Crippen LogP contribution in [0.2, 0.25) is 0 Å². The van der Waals surface area contributed by atoms with Crippen molar-refractivity contribution in [1.82, 2.24) is 0 Å². The van der Waals surface area contributed by atoms with Crippen molar-refractivity contribution in [3.63, 3.8) is 0 Å². The van der Waals surface area contributed by atoms with Crippen LogP contribution < -0.4 is 10.1 Å². The Morgan fingerprint density at radius 3 is 2.73 bits per heavy atom. The van der Waals surface area contributed by atoms with E-state index < -0.39 is 5.97 Å². The van der Waals surface area contributed by atoms with Gasteiger partial charge in [0.1, 0.15) is 10.8 Å². The summed E-state index contributed by atoms with van der Waals surface area (Å²) >= 11 is 3.68. The van der Waals surface area contributed by atoms with Crippen LogP contribution >= 0.6 is 33.9 Å². The summed E-state index contributed by atoms with van der Waals surface area (Å²) in [5.74, 6) is 0.527. The first kappa shape index (κ1) is 19.2. The summed E-state index contributed by atoms with van der Waals surface area (Å²) < 4.78 is 11.5. The van der Waals surface area contributed by atoms with Gasteiger partial charge < -0.3 is 14.8 Å². The average molecular weight is 485 g/mol. The van der Waals surface area contributed by atoms with E-state index in [-0.39, 0.29) is 12.5 Å². The van der Waals surface area contributed by atoms with Crippen LogP contribution in [0.4, 0.5) is 5.00 Å². The highest BCUT2D eigenvalue weighted by Crippen LogP contribution is 2.40. The number of thiophene rings is 1. The second-order valence-corrected chi connectivity index (χ2v) is 8.69. The molecule has 0 bridgehead atoms. The van der Waals surface area contributed by atoms with Gasteiger partial charge in [0.15, 0.2) is 6.61 Å². The van der Waals surface area contributed by atoms with Gasteiger partial charge in [-0.05, 0) is 77.6 Å². The Kier molecular flexibility index (Phi) is 6.18. The van der Waals surface area contributed by atoms with E-state index in [0.29, 0.717) is 22.2 Å². The zero-order valence-electron chi connectivity index (χ0n) is 14.6. The van der Waals surface area contributed by atoms with Crippen molar-refractivity contribution >= 4 is 50.8 Å². The Morgan fingerprint density at radius 1 is 1.31 bits per heavy atom. The second-order valence-electron chi connectivity index (χ2n) is 6.34. The van der Waals surface area contributed by atoms with E-state index in [4.69, 9.17) is 9.47 Å². The third-order valence-corrected chi connectivity index (χ3v) is 6.23. The average Bonchev–Trinajstić information content (AvgIpc) is 2.97. The Hall–Kier alpha value is -1.61. The first-order chi connectivity index (χ1) is 12.5. The Labute approximate surface area is 170 Å². The molecule has 0 radical (unpaired) electrons. The van der Waals surface area contributed by atoms with E-state index in [1.54, 1.807) is 0 Å². The number of carbonyl (C=O) groups is 2. The van der Waals surface area contributed by atoms with Gasteiger partial charge in [-0.25, -0.2) is 4.79 Å². The van der Waals surface area contributed by atoms with Gasteiger partial charge in [-0.2, -0.15) is 0 Å². The molecule has 1 N–H and O–H groups in total. The lowest BCUT2D eigenvalue weighted by Crippen LogP contribution is -2.21. The molecule has 1 aliphatic rings. The molecular weight excluding hydrogens is 465 g/mol. The maximum atomic E-state index is 12.3. The van der Waals surface area contributed by atoms with Crippen LogP contribution in [0.15, 0.2) is 24.3 Å². The quantitative estimate of drug-likeness (QED) is 0.508. The molecule has 0 saturated heterocycles. The molecule has 0 spiro atoms. The Morgan fingerprint density at radius 2 is 2.04 bits per heavy atom. The van der Waals surface area contributed by atoms with Gasteiger partial charge in [-0.3, -0.25) is 4.79 Å². The number of benzene rings is 1. The van der Waals surface area contributed by atoms with Crippen LogP contribution in [-0.4, -0.2) is 25.6 Å². The lowest BCUT2D eigenvalue weighted by Gasteiger charge is -2.18. The number of fused-ring (bicyclic) bond motifs is 1. The molecule has 7 heteroatoms. The van der Waals surface area contributed by atoms with E-state index in [2.05, 4.69) is 34.8 Å². The molecule has 0 aliphatic heterocycles. The molecule has 1 atom stereocenters. The SMILES string of the molecule is COC(=O)c1c(NC(=O)COc2ccc(I)cc2)sc2c1CC[C@H](C)C2. The highest BCUT2D eigenvalue weighted by atomic mass is 127. The van der Waals surface area contributed by atoms with Gasteiger partial charge in [0.05, 0.1) is 12.7 Å². The van der Waals surface area contributed by atoms with Crippen molar-refractivity contribution < 1.29 is 19.1 Å². The molecule has 0 saturated carbocycles. The monoisotopic (exact) mass is 485 g/mol. The second kappa shape index (κ2) is 8.39. The number of hydrogen-bond donors (Lipinski definition) is 1. The Bertz CT molecular complexity index is 816. The molecule has 2 aromatic rings. The number of methoxy groups -OCH3 is 1. The fourth-order valence-corrected chi connectivity index (χ4v) is 4.77. The maximum absolute atomic E-state index is 12.3. The maximum Gasteiger partial charge on any atom is 0.341 e. The molecule has 26 heavy (non-hydrogen) atoms. The minimum absolute atomic E-state index is 0.111. The fraction of sp³-hybridized carbons (Fsp3) is 0.368. The molecule has 1 aromatic heterocycles. The van der Waals surface area contributed by atoms with Crippen molar-refractivity contribution in [3.05, 3.63) is 43.8 Å². The van der Waals surface area contributed by atoms with Crippen molar-refractivity contribution in [1.29, 1.82) is 0 Å². The topological polar surface area (TPSA) is 64.6 Å². The van der Waals surface area contributed by atoms with Gasteiger partial charge in [0, 0.05) is 8.45 Å². The van der Waals surface area contributed by atoms with Gasteiger partial charge in [-0.15, -0.1) is 11.3 Å². The third-order valence-electron chi connectivity index (χ3n) is 4.34. The van der Waals surface area contributed by atoms with E-state index >= 15 is 0 Å². The number of ether oxygens (including phenoxy) is 2. The summed E-state index contributed by atoms with van der Waals surface area (Å²) in [5, 5.41) is 3.39. The molecule has 0 fully saturated rings. The highest BCUT2D eigenvalue weighted by Gasteiger charge is 2.28. The lowest BCUT2D eigenvalue weighted by atomic mass is 9.88. The van der Waals surface area contributed by atoms with Crippen LogP contribution in [0, 0.1) is 9.49 Å².